The number of aliphatic hydroxyl groups excluding tert-OH is 2. The number of nitrogens with one attached hydrogen (secondary N) is 2. The van der Waals surface area contributed by atoms with Crippen LogP contribution in [0.4, 0.5) is 0 Å². The van der Waals surface area contributed by atoms with Gasteiger partial charge in [-0.25, -0.2) is 0 Å². The van der Waals surface area contributed by atoms with Crippen molar-refractivity contribution in [2.45, 2.75) is 63.1 Å². The average Bonchev–Trinajstić information content (AvgIpc) is 2.67. The van der Waals surface area contributed by atoms with Crippen molar-refractivity contribution >= 4 is 0 Å². The highest BCUT2D eigenvalue weighted by Gasteiger charge is 2.36. The molecule has 0 radical (unpaired) electrons. The lowest BCUT2D eigenvalue weighted by Crippen LogP contribution is -2.57. The summed E-state index contributed by atoms with van der Waals surface area (Å²) >= 11 is 0. The van der Waals surface area contributed by atoms with Crippen LogP contribution in [0.25, 0.3) is 0 Å². The number of hydrogen-bond donors (Lipinski definition) is 4. The van der Waals surface area contributed by atoms with Crippen LogP contribution >= 0.6 is 0 Å². The van der Waals surface area contributed by atoms with Gasteiger partial charge < -0.3 is 20.8 Å². The van der Waals surface area contributed by atoms with Crippen molar-refractivity contribution in [3.63, 3.8) is 0 Å². The SMILES string of the molecule is C[C@H](N[C@@H]1C[C@H](O)[C@@H](O)C[C@H]1N[C@@H](C)c1ccccc1)c1ccccc1. The molecule has 0 saturated heterocycles. The Bertz CT molecular complexity index is 605. The van der Waals surface area contributed by atoms with Crippen LogP contribution in [0, 0.1) is 0 Å². The lowest BCUT2D eigenvalue weighted by Gasteiger charge is -2.41. The van der Waals surface area contributed by atoms with Gasteiger partial charge in [0, 0.05) is 24.2 Å². The van der Waals surface area contributed by atoms with Gasteiger partial charge in [0.25, 0.3) is 0 Å². The second-order valence-electron chi connectivity index (χ2n) is 7.42. The van der Waals surface area contributed by atoms with E-state index in [2.05, 4.69) is 48.7 Å². The number of rotatable bonds is 6. The van der Waals surface area contributed by atoms with E-state index in [0.29, 0.717) is 12.8 Å². The average molecular weight is 354 g/mol. The van der Waals surface area contributed by atoms with Gasteiger partial charge in [0.1, 0.15) is 0 Å². The van der Waals surface area contributed by atoms with Gasteiger partial charge >= 0.3 is 0 Å². The van der Waals surface area contributed by atoms with Gasteiger partial charge in [-0.2, -0.15) is 0 Å². The summed E-state index contributed by atoms with van der Waals surface area (Å²) in [6, 6.07) is 21.2. The molecule has 3 rings (SSSR count). The fourth-order valence-corrected chi connectivity index (χ4v) is 3.85. The minimum Gasteiger partial charge on any atom is -0.390 e. The van der Waals surface area contributed by atoms with Crippen molar-refractivity contribution in [2.75, 3.05) is 0 Å². The monoisotopic (exact) mass is 354 g/mol. The van der Waals surface area contributed by atoms with Crippen molar-refractivity contribution in [3.8, 4) is 0 Å². The largest absolute Gasteiger partial charge is 0.390 e. The molecule has 1 fully saturated rings. The Kier molecular flexibility index (Phi) is 6.43. The van der Waals surface area contributed by atoms with Crippen LogP contribution in [-0.4, -0.2) is 34.5 Å². The molecule has 0 heterocycles. The maximum Gasteiger partial charge on any atom is 0.0815 e. The molecule has 0 aliphatic heterocycles. The van der Waals surface area contributed by atoms with Crippen molar-refractivity contribution in [2.24, 2.45) is 0 Å². The minimum absolute atomic E-state index is 0.0924. The van der Waals surface area contributed by atoms with Crippen LogP contribution in [0.5, 0.6) is 0 Å². The summed E-state index contributed by atoms with van der Waals surface area (Å²) in [6.07, 6.45) is -0.282. The van der Waals surface area contributed by atoms with Crippen LogP contribution in [-0.2, 0) is 0 Å². The third kappa shape index (κ3) is 4.71. The van der Waals surface area contributed by atoms with Crippen molar-refractivity contribution in [1.82, 2.24) is 10.6 Å². The van der Waals surface area contributed by atoms with Crippen LogP contribution in [0.1, 0.15) is 49.9 Å². The Labute approximate surface area is 156 Å². The molecule has 1 aliphatic carbocycles. The zero-order valence-corrected chi connectivity index (χ0v) is 15.5. The molecule has 4 nitrogen and oxygen atoms in total. The second kappa shape index (κ2) is 8.78. The van der Waals surface area contributed by atoms with Gasteiger partial charge in [0.2, 0.25) is 0 Å². The van der Waals surface area contributed by atoms with Gasteiger partial charge in [-0.05, 0) is 37.8 Å². The summed E-state index contributed by atoms with van der Waals surface area (Å²) in [5.74, 6) is 0. The quantitative estimate of drug-likeness (QED) is 0.644. The summed E-state index contributed by atoms with van der Waals surface area (Å²) in [4.78, 5) is 0. The third-order valence-electron chi connectivity index (χ3n) is 5.45. The summed E-state index contributed by atoms with van der Waals surface area (Å²) in [5.41, 5.74) is 2.45. The van der Waals surface area contributed by atoms with Gasteiger partial charge in [-0.15, -0.1) is 0 Å². The topological polar surface area (TPSA) is 64.5 Å². The minimum atomic E-state index is -0.680. The highest BCUT2D eigenvalue weighted by molar-refractivity contribution is 5.20. The molecule has 140 valence electrons. The molecule has 4 N–H and O–H groups in total. The Balaban J connectivity index is 1.70. The van der Waals surface area contributed by atoms with Crippen LogP contribution in [0.2, 0.25) is 0 Å². The molecule has 2 aromatic rings. The molecule has 0 aromatic heterocycles. The van der Waals surface area contributed by atoms with E-state index in [0.717, 1.165) is 0 Å². The number of hydrogen-bond acceptors (Lipinski definition) is 4. The molecule has 0 bridgehead atoms. The molecule has 1 aliphatic rings. The maximum atomic E-state index is 10.2. The first kappa shape index (κ1) is 19.1. The number of benzene rings is 2. The van der Waals surface area contributed by atoms with Gasteiger partial charge in [-0.1, -0.05) is 60.7 Å². The van der Waals surface area contributed by atoms with Gasteiger partial charge in [0.15, 0.2) is 0 Å². The smallest absolute Gasteiger partial charge is 0.0815 e. The molecule has 2 aromatic carbocycles. The van der Waals surface area contributed by atoms with E-state index in [1.165, 1.54) is 11.1 Å². The van der Waals surface area contributed by atoms with E-state index < -0.39 is 12.2 Å². The molecule has 0 amide bonds. The van der Waals surface area contributed by atoms with E-state index in [4.69, 9.17) is 0 Å². The first-order chi connectivity index (χ1) is 12.5. The summed E-state index contributed by atoms with van der Waals surface area (Å²) in [7, 11) is 0. The van der Waals surface area contributed by atoms with E-state index in [1.807, 2.05) is 36.4 Å². The Morgan fingerprint density at radius 2 is 1.04 bits per heavy atom. The van der Waals surface area contributed by atoms with Crippen molar-refractivity contribution in [1.29, 1.82) is 0 Å². The standard InChI is InChI=1S/C22H30N2O2/c1-15(17-9-5-3-6-10-17)23-19-13-21(25)22(26)14-20(19)24-16(2)18-11-7-4-8-12-18/h3-12,15-16,19-26H,13-14H2,1-2H3/t15-,16-,19+,20+,21-,22-/m0/s1. The van der Waals surface area contributed by atoms with Crippen molar-refractivity contribution in [3.05, 3.63) is 71.8 Å². The van der Waals surface area contributed by atoms with Crippen molar-refractivity contribution < 1.29 is 10.2 Å². The van der Waals surface area contributed by atoms with Gasteiger partial charge in [-0.3, -0.25) is 0 Å². The molecular formula is C22H30N2O2. The van der Waals surface area contributed by atoms with Gasteiger partial charge in [0.05, 0.1) is 12.2 Å². The zero-order valence-electron chi connectivity index (χ0n) is 15.5. The first-order valence-corrected chi connectivity index (χ1v) is 9.52. The van der Waals surface area contributed by atoms with E-state index in [-0.39, 0.29) is 24.2 Å². The van der Waals surface area contributed by atoms with Crippen LogP contribution < -0.4 is 10.6 Å². The predicted molar refractivity (Wildman–Crippen MR) is 105 cm³/mol. The second-order valence-corrected chi connectivity index (χ2v) is 7.42. The normalized spacial score (nSPS) is 28.5. The lowest BCUT2D eigenvalue weighted by molar-refractivity contribution is -0.0316. The van der Waals surface area contributed by atoms with E-state index in [1.54, 1.807) is 0 Å². The Morgan fingerprint density at radius 1 is 0.692 bits per heavy atom. The van der Waals surface area contributed by atoms with E-state index in [9.17, 15) is 10.2 Å². The maximum absolute atomic E-state index is 10.2. The molecule has 0 spiro atoms. The zero-order chi connectivity index (χ0) is 18.5. The highest BCUT2D eigenvalue weighted by Crippen LogP contribution is 2.25. The molecule has 26 heavy (non-hydrogen) atoms. The molecule has 4 heteroatoms. The summed E-state index contributed by atoms with van der Waals surface area (Å²) in [5, 5.41) is 27.7. The Morgan fingerprint density at radius 3 is 1.38 bits per heavy atom. The number of aliphatic hydroxyl groups is 2. The Hall–Kier alpha value is -1.72. The third-order valence-corrected chi connectivity index (χ3v) is 5.45. The first-order valence-electron chi connectivity index (χ1n) is 9.52. The summed E-state index contributed by atoms with van der Waals surface area (Å²) < 4.78 is 0. The molecule has 6 atom stereocenters. The fraction of sp³-hybridized carbons (Fsp3) is 0.455. The molecule has 1 saturated carbocycles. The predicted octanol–water partition coefficient (Wildman–Crippen LogP) is 2.94. The fourth-order valence-electron chi connectivity index (χ4n) is 3.85. The summed E-state index contributed by atoms with van der Waals surface area (Å²) in [6.45, 7) is 4.29. The highest BCUT2D eigenvalue weighted by atomic mass is 16.3. The lowest BCUT2D eigenvalue weighted by atomic mass is 9.84. The molecular weight excluding hydrogens is 324 g/mol. The van der Waals surface area contributed by atoms with Crippen LogP contribution in [0.3, 0.4) is 0 Å². The van der Waals surface area contributed by atoms with E-state index >= 15 is 0 Å². The molecule has 0 unspecified atom stereocenters. The van der Waals surface area contributed by atoms with Crippen LogP contribution in [0.15, 0.2) is 60.7 Å².